The number of amides is 2. The molecule has 6 heteroatoms. The molecule has 108 valence electrons. The zero-order valence-electron chi connectivity index (χ0n) is 11.2. The Kier molecular flexibility index (Phi) is 6.77. The van der Waals surface area contributed by atoms with Gasteiger partial charge >= 0.3 is 12.0 Å². The van der Waals surface area contributed by atoms with Crippen LogP contribution in [0.2, 0.25) is 0 Å². The van der Waals surface area contributed by atoms with E-state index < -0.39 is 18.0 Å². The first-order valence-electron chi connectivity index (χ1n) is 6.59. The number of carboxylic acids is 1. The summed E-state index contributed by atoms with van der Waals surface area (Å²) in [5.41, 5.74) is 0. The minimum Gasteiger partial charge on any atom is -0.480 e. The van der Waals surface area contributed by atoms with E-state index in [2.05, 4.69) is 24.1 Å². The molecular formula is C13H22N2O3S. The lowest BCUT2D eigenvalue weighted by Gasteiger charge is -2.17. The molecule has 0 spiro atoms. The van der Waals surface area contributed by atoms with Crippen molar-refractivity contribution >= 4 is 23.8 Å². The molecule has 0 radical (unpaired) electrons. The molecule has 1 rings (SSSR count). The molecule has 5 nitrogen and oxygen atoms in total. The van der Waals surface area contributed by atoms with E-state index in [1.54, 1.807) is 0 Å². The number of rotatable bonds is 7. The first-order valence-corrected chi connectivity index (χ1v) is 7.64. The molecule has 1 saturated carbocycles. The van der Waals surface area contributed by atoms with Crippen LogP contribution in [0.25, 0.3) is 0 Å². The van der Waals surface area contributed by atoms with Crippen LogP contribution in [0.5, 0.6) is 0 Å². The molecule has 0 aromatic rings. The van der Waals surface area contributed by atoms with E-state index >= 15 is 0 Å². The highest BCUT2D eigenvalue weighted by molar-refractivity contribution is 7.99. The maximum absolute atomic E-state index is 11.7. The summed E-state index contributed by atoms with van der Waals surface area (Å²) in [6, 6.07) is -1.15. The Labute approximate surface area is 118 Å². The maximum Gasteiger partial charge on any atom is 0.326 e. The van der Waals surface area contributed by atoms with Crippen LogP contribution in [0.4, 0.5) is 4.79 Å². The predicted octanol–water partition coefficient (Wildman–Crippen LogP) is 1.99. The fraction of sp³-hybridized carbons (Fsp3) is 0.692. The highest BCUT2D eigenvalue weighted by Crippen LogP contribution is 2.29. The number of thioether (sulfide) groups is 1. The first-order chi connectivity index (χ1) is 9.06. The second-order valence-electron chi connectivity index (χ2n) is 4.62. The van der Waals surface area contributed by atoms with E-state index in [9.17, 15) is 9.59 Å². The molecule has 0 aromatic carbocycles. The molecular weight excluding hydrogens is 264 g/mol. The maximum atomic E-state index is 11.7. The molecule has 0 aliphatic heterocycles. The Morgan fingerprint density at radius 3 is 2.84 bits per heavy atom. The third kappa shape index (κ3) is 5.55. The Bertz CT molecular complexity index is 336. The lowest BCUT2D eigenvalue weighted by atomic mass is 10.2. The van der Waals surface area contributed by atoms with Crippen molar-refractivity contribution in [3.8, 4) is 0 Å². The van der Waals surface area contributed by atoms with Crippen LogP contribution in [-0.4, -0.2) is 40.2 Å². The Balaban J connectivity index is 2.34. The normalized spacial score (nSPS) is 23.6. The Morgan fingerprint density at radius 2 is 2.26 bits per heavy atom. The number of nitrogens with one attached hydrogen (secondary N) is 2. The van der Waals surface area contributed by atoms with Crippen LogP contribution < -0.4 is 10.6 Å². The van der Waals surface area contributed by atoms with Gasteiger partial charge in [-0.1, -0.05) is 13.0 Å². The van der Waals surface area contributed by atoms with Gasteiger partial charge in [0.05, 0.1) is 0 Å². The number of hydrogen-bond donors (Lipinski definition) is 3. The largest absolute Gasteiger partial charge is 0.480 e. The van der Waals surface area contributed by atoms with Gasteiger partial charge in [0, 0.05) is 11.3 Å². The van der Waals surface area contributed by atoms with Gasteiger partial charge in [-0.15, -0.1) is 6.58 Å². The highest BCUT2D eigenvalue weighted by atomic mass is 32.2. The van der Waals surface area contributed by atoms with E-state index in [4.69, 9.17) is 5.11 Å². The van der Waals surface area contributed by atoms with Gasteiger partial charge in [-0.2, -0.15) is 11.8 Å². The lowest BCUT2D eigenvalue weighted by molar-refractivity contribution is -0.139. The standard InChI is InChI=1S/C13H22N2O3S/c1-3-5-11(12(16)17)15-13(18)14-9-6-7-10(8-9)19-4-2/h3,9-11H,1,4-8H2,2H3,(H,16,17)(H2,14,15,18). The molecule has 1 aliphatic carbocycles. The molecule has 19 heavy (non-hydrogen) atoms. The number of carbonyl (C=O) groups excluding carboxylic acids is 1. The second-order valence-corrected chi connectivity index (χ2v) is 6.20. The average Bonchev–Trinajstić information content (AvgIpc) is 2.76. The molecule has 0 aromatic heterocycles. The van der Waals surface area contributed by atoms with E-state index in [1.807, 2.05) is 11.8 Å². The molecule has 0 saturated heterocycles. The molecule has 3 atom stereocenters. The van der Waals surface area contributed by atoms with Crippen LogP contribution in [0.3, 0.4) is 0 Å². The van der Waals surface area contributed by atoms with E-state index in [0.717, 1.165) is 25.0 Å². The van der Waals surface area contributed by atoms with Gasteiger partial charge in [-0.3, -0.25) is 0 Å². The van der Waals surface area contributed by atoms with Crippen molar-refractivity contribution in [3.63, 3.8) is 0 Å². The van der Waals surface area contributed by atoms with Crippen LogP contribution in [0, 0.1) is 0 Å². The predicted molar refractivity (Wildman–Crippen MR) is 77.5 cm³/mol. The van der Waals surface area contributed by atoms with E-state index in [-0.39, 0.29) is 12.5 Å². The molecule has 3 unspecified atom stereocenters. The minimum atomic E-state index is -1.04. The van der Waals surface area contributed by atoms with Gasteiger partial charge in [0.1, 0.15) is 6.04 Å². The number of aliphatic carboxylic acids is 1. The van der Waals surface area contributed by atoms with Crippen molar-refractivity contribution < 1.29 is 14.7 Å². The average molecular weight is 286 g/mol. The van der Waals surface area contributed by atoms with E-state index in [0.29, 0.717) is 5.25 Å². The van der Waals surface area contributed by atoms with Gasteiger partial charge < -0.3 is 15.7 Å². The smallest absolute Gasteiger partial charge is 0.326 e. The van der Waals surface area contributed by atoms with E-state index in [1.165, 1.54) is 6.08 Å². The molecule has 3 N–H and O–H groups in total. The second kappa shape index (κ2) is 8.09. The van der Waals surface area contributed by atoms with Gasteiger partial charge in [-0.25, -0.2) is 9.59 Å². The van der Waals surface area contributed by atoms with Crippen LogP contribution in [-0.2, 0) is 4.79 Å². The van der Waals surface area contributed by atoms with Crippen molar-refractivity contribution in [1.82, 2.24) is 10.6 Å². The van der Waals surface area contributed by atoms with Crippen molar-refractivity contribution in [3.05, 3.63) is 12.7 Å². The topological polar surface area (TPSA) is 78.4 Å². The van der Waals surface area contributed by atoms with Crippen molar-refractivity contribution in [2.45, 2.75) is 49.9 Å². The van der Waals surface area contributed by atoms with Gasteiger partial charge in [0.2, 0.25) is 0 Å². The summed E-state index contributed by atoms with van der Waals surface area (Å²) in [5, 5.41) is 14.9. The summed E-state index contributed by atoms with van der Waals surface area (Å²) in [7, 11) is 0. The monoisotopic (exact) mass is 286 g/mol. The summed E-state index contributed by atoms with van der Waals surface area (Å²) >= 11 is 1.92. The SMILES string of the molecule is C=CCC(NC(=O)NC1CCC(SCC)C1)C(=O)O. The van der Waals surface area contributed by atoms with Crippen molar-refractivity contribution in [2.24, 2.45) is 0 Å². The van der Waals surface area contributed by atoms with Crippen LogP contribution >= 0.6 is 11.8 Å². The summed E-state index contributed by atoms with van der Waals surface area (Å²) < 4.78 is 0. The lowest BCUT2D eigenvalue weighted by Crippen LogP contribution is -2.48. The Morgan fingerprint density at radius 1 is 1.53 bits per heavy atom. The third-order valence-electron chi connectivity index (χ3n) is 3.13. The summed E-state index contributed by atoms with van der Waals surface area (Å²) in [6.07, 6.45) is 4.75. The van der Waals surface area contributed by atoms with Gasteiger partial charge in [0.15, 0.2) is 0 Å². The van der Waals surface area contributed by atoms with Gasteiger partial charge in [0.25, 0.3) is 0 Å². The Hall–Kier alpha value is -1.17. The number of hydrogen-bond acceptors (Lipinski definition) is 3. The molecule has 1 aliphatic rings. The summed E-state index contributed by atoms with van der Waals surface area (Å²) in [4.78, 5) is 22.6. The fourth-order valence-corrected chi connectivity index (χ4v) is 3.37. The number of urea groups is 1. The quantitative estimate of drug-likeness (QED) is 0.625. The molecule has 2 amide bonds. The molecule has 0 bridgehead atoms. The van der Waals surface area contributed by atoms with Crippen LogP contribution in [0.1, 0.15) is 32.6 Å². The van der Waals surface area contributed by atoms with Gasteiger partial charge in [-0.05, 0) is 31.4 Å². The third-order valence-corrected chi connectivity index (χ3v) is 4.36. The van der Waals surface area contributed by atoms with Crippen molar-refractivity contribution in [2.75, 3.05) is 5.75 Å². The first kappa shape index (κ1) is 15.9. The molecule has 1 fully saturated rings. The summed E-state index contributed by atoms with van der Waals surface area (Å²) in [6.45, 7) is 5.62. The minimum absolute atomic E-state index is 0.155. The molecule has 0 heterocycles. The van der Waals surface area contributed by atoms with Crippen LogP contribution in [0.15, 0.2) is 12.7 Å². The summed E-state index contributed by atoms with van der Waals surface area (Å²) in [5.74, 6) is 0.0465. The number of carbonyl (C=O) groups is 2. The zero-order chi connectivity index (χ0) is 14.3. The highest BCUT2D eigenvalue weighted by Gasteiger charge is 2.27. The van der Waals surface area contributed by atoms with Crippen molar-refractivity contribution in [1.29, 1.82) is 0 Å². The zero-order valence-corrected chi connectivity index (χ0v) is 12.0. The number of carboxylic acid groups (broad SMARTS) is 1. The fourth-order valence-electron chi connectivity index (χ4n) is 2.23.